The minimum atomic E-state index is -0.367. The van der Waals surface area contributed by atoms with E-state index in [1.54, 1.807) is 0 Å². The van der Waals surface area contributed by atoms with Gasteiger partial charge in [-0.05, 0) is 79.4 Å². The van der Waals surface area contributed by atoms with Crippen molar-refractivity contribution >= 4 is 23.2 Å². The van der Waals surface area contributed by atoms with Crippen LogP contribution >= 0.6 is 0 Å². The Morgan fingerprint density at radius 1 is 1.08 bits per heavy atom. The number of benzene rings is 1. The van der Waals surface area contributed by atoms with Crippen molar-refractivity contribution in [2.75, 3.05) is 0 Å². The number of carbonyl (C=O) groups excluding carboxylic acids is 2. The van der Waals surface area contributed by atoms with Crippen LogP contribution in [0.4, 0.5) is 0 Å². The number of rotatable bonds is 4. The smallest absolute Gasteiger partial charge is 0.277 e. The molecule has 4 fully saturated rings. The number of hydrazine groups is 1. The van der Waals surface area contributed by atoms with Gasteiger partial charge < -0.3 is 0 Å². The molecule has 2 aromatic rings. The van der Waals surface area contributed by atoms with Gasteiger partial charge in [0.25, 0.3) is 5.91 Å². The van der Waals surface area contributed by atoms with Crippen molar-refractivity contribution in [3.8, 4) is 0 Å². The first kappa shape index (κ1) is 15.8. The lowest BCUT2D eigenvalue weighted by Crippen LogP contribution is -2.48. The van der Waals surface area contributed by atoms with E-state index >= 15 is 0 Å². The molecule has 0 radical (unpaired) electrons. The Labute approximate surface area is 152 Å². The number of fused-ring (bicyclic) bond motifs is 1. The maximum absolute atomic E-state index is 12.4. The molecule has 4 aliphatic rings. The average molecular weight is 349 g/mol. The topological polar surface area (TPSA) is 71.1 Å². The summed E-state index contributed by atoms with van der Waals surface area (Å²) in [5.41, 5.74) is 7.34. The number of pyridine rings is 1. The van der Waals surface area contributed by atoms with Crippen LogP contribution in [0.2, 0.25) is 0 Å². The summed E-state index contributed by atoms with van der Waals surface area (Å²) in [7, 11) is 0. The largest absolute Gasteiger partial charge is 0.288 e. The first-order valence-corrected chi connectivity index (χ1v) is 9.57. The average Bonchev–Trinajstić information content (AvgIpc) is 2.64. The van der Waals surface area contributed by atoms with Gasteiger partial charge in [-0.3, -0.25) is 20.4 Å². The molecule has 0 saturated heterocycles. The molecule has 26 heavy (non-hydrogen) atoms. The third-order valence-corrected chi connectivity index (χ3v) is 6.80. The van der Waals surface area contributed by atoms with E-state index < -0.39 is 0 Å². The Balaban J connectivity index is 1.64. The number of amides is 2. The Morgan fingerprint density at radius 3 is 2.38 bits per heavy atom. The molecule has 1 heterocycles. The molecule has 2 amide bonds. The molecular formula is C21H23N3O2. The van der Waals surface area contributed by atoms with E-state index in [1.165, 1.54) is 49.5 Å². The van der Waals surface area contributed by atoms with Gasteiger partial charge in [-0.2, -0.15) is 0 Å². The van der Waals surface area contributed by atoms with Crippen LogP contribution in [0.25, 0.3) is 10.9 Å². The fourth-order valence-electron chi connectivity index (χ4n) is 6.33. The quantitative estimate of drug-likeness (QED) is 0.658. The van der Waals surface area contributed by atoms with Crippen LogP contribution in [-0.2, 0) is 10.2 Å². The molecule has 0 spiro atoms. The van der Waals surface area contributed by atoms with Crippen LogP contribution in [0.5, 0.6) is 0 Å². The van der Waals surface area contributed by atoms with Crippen LogP contribution in [-0.4, -0.2) is 17.3 Å². The highest BCUT2D eigenvalue weighted by molar-refractivity contribution is 5.96. The third-order valence-electron chi connectivity index (χ3n) is 6.80. The van der Waals surface area contributed by atoms with Crippen LogP contribution in [0.1, 0.15) is 54.6 Å². The van der Waals surface area contributed by atoms with Gasteiger partial charge in [0.05, 0.1) is 5.52 Å². The summed E-state index contributed by atoms with van der Waals surface area (Å²) in [5, 5.41) is 1.18. The van der Waals surface area contributed by atoms with E-state index in [-0.39, 0.29) is 11.3 Å². The van der Waals surface area contributed by atoms with Crippen molar-refractivity contribution < 1.29 is 9.59 Å². The molecule has 6 rings (SSSR count). The van der Waals surface area contributed by atoms with E-state index in [1.807, 2.05) is 18.2 Å². The third kappa shape index (κ3) is 2.41. The zero-order valence-electron chi connectivity index (χ0n) is 14.7. The Hall–Kier alpha value is -2.43. The van der Waals surface area contributed by atoms with Gasteiger partial charge in [0.1, 0.15) is 5.69 Å². The second-order valence-electron chi connectivity index (χ2n) is 8.49. The monoisotopic (exact) mass is 349 g/mol. The lowest BCUT2D eigenvalue weighted by Gasteiger charge is -2.57. The molecule has 134 valence electrons. The first-order chi connectivity index (χ1) is 12.7. The molecule has 4 bridgehead atoms. The van der Waals surface area contributed by atoms with Crippen molar-refractivity contribution in [1.82, 2.24) is 15.8 Å². The molecule has 4 aliphatic carbocycles. The molecule has 5 heteroatoms. The minimum absolute atomic E-state index is 0.185. The van der Waals surface area contributed by atoms with Crippen LogP contribution in [0.3, 0.4) is 0 Å². The molecule has 2 N–H and O–H groups in total. The highest BCUT2D eigenvalue weighted by atomic mass is 16.2. The van der Waals surface area contributed by atoms with Crippen molar-refractivity contribution in [1.29, 1.82) is 0 Å². The maximum Gasteiger partial charge on any atom is 0.288 e. The first-order valence-electron chi connectivity index (χ1n) is 9.57. The standard InChI is InChI=1S/C21H23N3O2/c25-12-22-24-20(26)19-8-17(16-3-1-2-4-18(16)23-19)21-9-13-5-14(10-21)7-15(6-13)11-21/h1-4,8,12-15H,5-7,9-11H2,(H,22,25)(H,24,26). The number of nitrogens with one attached hydrogen (secondary N) is 2. The molecule has 0 aliphatic heterocycles. The Morgan fingerprint density at radius 2 is 1.73 bits per heavy atom. The summed E-state index contributed by atoms with van der Waals surface area (Å²) in [5.74, 6) is 2.14. The summed E-state index contributed by atoms with van der Waals surface area (Å²) in [6.45, 7) is 0. The van der Waals surface area contributed by atoms with Crippen LogP contribution in [0, 0.1) is 17.8 Å². The van der Waals surface area contributed by atoms with Crippen LogP contribution in [0.15, 0.2) is 30.3 Å². The zero-order valence-corrected chi connectivity index (χ0v) is 14.7. The van der Waals surface area contributed by atoms with E-state index in [9.17, 15) is 9.59 Å². The van der Waals surface area contributed by atoms with E-state index in [0.29, 0.717) is 12.1 Å². The van der Waals surface area contributed by atoms with Gasteiger partial charge in [-0.15, -0.1) is 0 Å². The van der Waals surface area contributed by atoms with E-state index in [2.05, 4.69) is 28.0 Å². The number of hydrogen-bond donors (Lipinski definition) is 2. The highest BCUT2D eigenvalue weighted by Gasteiger charge is 2.52. The SMILES string of the molecule is O=CNNC(=O)c1cc(C23CC4CC(CC(C4)C2)C3)c2ccccc2n1. The fourth-order valence-corrected chi connectivity index (χ4v) is 6.33. The lowest BCUT2D eigenvalue weighted by molar-refractivity contribution is -0.110. The van der Waals surface area contributed by atoms with Crippen molar-refractivity contribution in [2.24, 2.45) is 17.8 Å². The molecule has 0 atom stereocenters. The molecule has 1 aromatic carbocycles. The summed E-state index contributed by atoms with van der Waals surface area (Å²) in [4.78, 5) is 27.5. The van der Waals surface area contributed by atoms with E-state index in [4.69, 9.17) is 0 Å². The highest BCUT2D eigenvalue weighted by Crippen LogP contribution is 2.61. The molecule has 4 saturated carbocycles. The van der Waals surface area contributed by atoms with Gasteiger partial charge in [-0.1, -0.05) is 18.2 Å². The Kier molecular flexibility index (Phi) is 3.52. The number of hydrogen-bond acceptors (Lipinski definition) is 3. The van der Waals surface area contributed by atoms with Gasteiger partial charge in [0.15, 0.2) is 0 Å². The second kappa shape index (κ2) is 5.79. The van der Waals surface area contributed by atoms with Crippen molar-refractivity contribution in [2.45, 2.75) is 43.9 Å². The summed E-state index contributed by atoms with van der Waals surface area (Å²) in [6, 6.07) is 10.1. The summed E-state index contributed by atoms with van der Waals surface area (Å²) >= 11 is 0. The van der Waals surface area contributed by atoms with Crippen molar-refractivity contribution in [3.05, 3.63) is 41.6 Å². The predicted octanol–water partition coefficient (Wildman–Crippen LogP) is 3.09. The molecule has 0 unspecified atom stereocenters. The normalized spacial score (nSPS) is 31.8. The van der Waals surface area contributed by atoms with Gasteiger partial charge in [-0.25, -0.2) is 4.98 Å². The minimum Gasteiger partial charge on any atom is -0.277 e. The van der Waals surface area contributed by atoms with Gasteiger partial charge >= 0.3 is 0 Å². The van der Waals surface area contributed by atoms with Gasteiger partial charge in [0, 0.05) is 5.39 Å². The molecule has 5 nitrogen and oxygen atoms in total. The number of para-hydroxylation sites is 1. The lowest BCUT2D eigenvalue weighted by atomic mass is 9.48. The second-order valence-corrected chi connectivity index (χ2v) is 8.49. The maximum atomic E-state index is 12.4. The van der Waals surface area contributed by atoms with Gasteiger partial charge in [0.2, 0.25) is 6.41 Å². The van der Waals surface area contributed by atoms with Crippen LogP contribution < -0.4 is 10.9 Å². The number of carbonyl (C=O) groups is 2. The number of aromatic nitrogens is 1. The number of nitrogens with zero attached hydrogens (tertiary/aromatic N) is 1. The fraction of sp³-hybridized carbons (Fsp3) is 0.476. The summed E-state index contributed by atoms with van der Waals surface area (Å²) in [6.07, 6.45) is 8.33. The Bertz CT molecular complexity index is 857. The zero-order chi connectivity index (χ0) is 17.7. The molecule has 1 aromatic heterocycles. The van der Waals surface area contributed by atoms with Crippen molar-refractivity contribution in [3.63, 3.8) is 0 Å². The molecular weight excluding hydrogens is 326 g/mol. The van der Waals surface area contributed by atoms with E-state index in [0.717, 1.165) is 23.3 Å². The summed E-state index contributed by atoms with van der Waals surface area (Å²) < 4.78 is 0. The predicted molar refractivity (Wildman–Crippen MR) is 98.3 cm³/mol.